The second-order valence-electron chi connectivity index (χ2n) is 17.0. The van der Waals surface area contributed by atoms with E-state index in [0.717, 1.165) is 23.7 Å². The molecule has 4 rings (SSSR count). The summed E-state index contributed by atoms with van der Waals surface area (Å²) in [5, 5.41) is 0. The van der Waals surface area contributed by atoms with Crippen LogP contribution in [-0.2, 0) is 9.47 Å². The average Bonchev–Trinajstić information content (AvgIpc) is 2.99. The second-order valence-corrected chi connectivity index (χ2v) is 17.0. The number of hydrogen-bond donors (Lipinski definition) is 0. The molecule has 2 atom stereocenters. The van der Waals surface area contributed by atoms with Gasteiger partial charge >= 0.3 is 0 Å². The van der Waals surface area contributed by atoms with Gasteiger partial charge in [-0.15, -0.1) is 0 Å². The van der Waals surface area contributed by atoms with E-state index >= 15 is 0 Å². The van der Waals surface area contributed by atoms with Crippen molar-refractivity contribution in [1.82, 2.24) is 19.6 Å². The maximum absolute atomic E-state index is 6.36. The zero-order valence-electron chi connectivity index (χ0n) is 31.4. The normalized spacial score (nSPS) is 31.2. The summed E-state index contributed by atoms with van der Waals surface area (Å²) in [5.41, 5.74) is 0.247. The molecule has 6 heteroatoms. The number of likely N-dealkylation sites (N-methyl/N-ethyl adjacent to an activating group) is 1. The van der Waals surface area contributed by atoms with Crippen LogP contribution in [0.1, 0.15) is 127 Å². The maximum atomic E-state index is 6.36. The van der Waals surface area contributed by atoms with Crippen molar-refractivity contribution in [3.8, 4) is 0 Å². The Bertz CT molecular complexity index is 810. The van der Waals surface area contributed by atoms with E-state index in [1.165, 1.54) is 130 Å². The first-order valence-corrected chi connectivity index (χ1v) is 19.7. The number of ether oxygens (including phenoxy) is 2. The molecule has 2 saturated carbocycles. The Labute approximate surface area is 280 Å². The Morgan fingerprint density at radius 3 is 1.49 bits per heavy atom. The molecule has 2 aliphatic carbocycles. The Morgan fingerprint density at radius 1 is 0.600 bits per heavy atom. The number of hydrogen-bond acceptors (Lipinski definition) is 6. The molecule has 0 N–H and O–H groups in total. The minimum atomic E-state index is 0.247. The molecule has 0 amide bonds. The van der Waals surface area contributed by atoms with Crippen LogP contribution in [0.15, 0.2) is 0 Å². The summed E-state index contributed by atoms with van der Waals surface area (Å²) in [4.78, 5) is 11.0. The summed E-state index contributed by atoms with van der Waals surface area (Å²) < 4.78 is 12.7. The van der Waals surface area contributed by atoms with E-state index in [1.54, 1.807) is 0 Å². The van der Waals surface area contributed by atoms with Gasteiger partial charge in [0, 0.05) is 57.4 Å². The highest BCUT2D eigenvalue weighted by atomic mass is 16.5. The molecular formula is C39H76N4O2. The minimum absolute atomic E-state index is 0.247. The van der Waals surface area contributed by atoms with E-state index in [9.17, 15) is 0 Å². The predicted molar refractivity (Wildman–Crippen MR) is 191 cm³/mol. The van der Waals surface area contributed by atoms with Crippen LogP contribution in [-0.4, -0.2) is 121 Å². The van der Waals surface area contributed by atoms with Crippen molar-refractivity contribution >= 4 is 0 Å². The first-order chi connectivity index (χ1) is 21.4. The van der Waals surface area contributed by atoms with E-state index < -0.39 is 0 Å². The van der Waals surface area contributed by atoms with Gasteiger partial charge in [0.1, 0.15) is 0 Å². The molecule has 0 aromatic carbocycles. The molecule has 0 aromatic heterocycles. The SMILES string of the molecule is CCN1CCN(CCC(C2CCC(OC(C)C)CC2)C(CCN2CCN(C(C)C)CC2(C)C)C2CCC(OC(C)C)CC2)CC1. The molecule has 4 aliphatic rings. The third kappa shape index (κ3) is 11.4. The van der Waals surface area contributed by atoms with Crippen LogP contribution in [0.25, 0.3) is 0 Å². The van der Waals surface area contributed by atoms with Gasteiger partial charge in [-0.25, -0.2) is 0 Å². The summed E-state index contributed by atoms with van der Waals surface area (Å²) in [6.07, 6.45) is 14.9. The second kappa shape index (κ2) is 18.0. The van der Waals surface area contributed by atoms with E-state index in [2.05, 4.69) is 81.9 Å². The first kappa shape index (κ1) is 37.6. The molecule has 0 spiro atoms. The molecule has 2 heterocycles. The highest BCUT2D eigenvalue weighted by Crippen LogP contribution is 2.45. The number of piperazine rings is 2. The lowest BCUT2D eigenvalue weighted by molar-refractivity contribution is -0.0471. The number of nitrogens with zero attached hydrogens (tertiary/aromatic N) is 4. The van der Waals surface area contributed by atoms with Gasteiger partial charge in [0.05, 0.1) is 24.4 Å². The molecule has 2 unspecified atom stereocenters. The lowest BCUT2D eigenvalue weighted by Crippen LogP contribution is -2.60. The van der Waals surface area contributed by atoms with Crippen molar-refractivity contribution in [2.45, 2.75) is 163 Å². The highest BCUT2D eigenvalue weighted by molar-refractivity contribution is 4.94. The third-order valence-electron chi connectivity index (χ3n) is 12.4. The quantitative estimate of drug-likeness (QED) is 0.187. The van der Waals surface area contributed by atoms with Crippen molar-refractivity contribution in [3.05, 3.63) is 0 Å². The fraction of sp³-hybridized carbons (Fsp3) is 1.00. The smallest absolute Gasteiger partial charge is 0.0578 e. The van der Waals surface area contributed by atoms with Gasteiger partial charge in [-0.3, -0.25) is 9.80 Å². The van der Waals surface area contributed by atoms with Crippen molar-refractivity contribution in [1.29, 1.82) is 0 Å². The van der Waals surface area contributed by atoms with Crippen molar-refractivity contribution in [2.24, 2.45) is 23.7 Å². The summed E-state index contributed by atoms with van der Waals surface area (Å²) in [6.45, 7) is 33.3. The summed E-state index contributed by atoms with van der Waals surface area (Å²) in [7, 11) is 0. The molecule has 264 valence electrons. The van der Waals surface area contributed by atoms with Crippen LogP contribution in [0, 0.1) is 23.7 Å². The highest BCUT2D eigenvalue weighted by Gasteiger charge is 2.40. The van der Waals surface area contributed by atoms with Crippen LogP contribution in [0.5, 0.6) is 0 Å². The van der Waals surface area contributed by atoms with Crippen molar-refractivity contribution in [2.75, 3.05) is 65.4 Å². The van der Waals surface area contributed by atoms with Crippen LogP contribution in [0.2, 0.25) is 0 Å². The van der Waals surface area contributed by atoms with Gasteiger partial charge in [-0.05, 0) is 163 Å². The summed E-state index contributed by atoms with van der Waals surface area (Å²) >= 11 is 0. The fourth-order valence-corrected chi connectivity index (χ4v) is 9.72. The predicted octanol–water partition coefficient (Wildman–Crippen LogP) is 7.41. The van der Waals surface area contributed by atoms with Crippen LogP contribution in [0.3, 0.4) is 0 Å². The largest absolute Gasteiger partial charge is 0.376 e. The van der Waals surface area contributed by atoms with Crippen LogP contribution >= 0.6 is 0 Å². The minimum Gasteiger partial charge on any atom is -0.376 e. The van der Waals surface area contributed by atoms with Gasteiger partial charge in [0.2, 0.25) is 0 Å². The van der Waals surface area contributed by atoms with Gasteiger partial charge < -0.3 is 19.3 Å². The maximum Gasteiger partial charge on any atom is 0.0578 e. The Morgan fingerprint density at radius 2 is 1.07 bits per heavy atom. The van der Waals surface area contributed by atoms with E-state index in [-0.39, 0.29) is 5.54 Å². The fourth-order valence-electron chi connectivity index (χ4n) is 9.72. The molecule has 2 aliphatic heterocycles. The molecule has 6 nitrogen and oxygen atoms in total. The molecule has 45 heavy (non-hydrogen) atoms. The van der Waals surface area contributed by atoms with Gasteiger partial charge in [-0.1, -0.05) is 6.92 Å². The Hall–Kier alpha value is -0.240. The van der Waals surface area contributed by atoms with Crippen LogP contribution in [0.4, 0.5) is 0 Å². The first-order valence-electron chi connectivity index (χ1n) is 19.7. The number of rotatable bonds is 15. The zero-order valence-corrected chi connectivity index (χ0v) is 31.4. The van der Waals surface area contributed by atoms with Crippen LogP contribution < -0.4 is 0 Å². The Balaban J connectivity index is 1.50. The van der Waals surface area contributed by atoms with Gasteiger partial charge in [0.15, 0.2) is 0 Å². The van der Waals surface area contributed by atoms with E-state index in [4.69, 9.17) is 9.47 Å². The lowest BCUT2D eigenvalue weighted by Gasteiger charge is -2.50. The Kier molecular flexibility index (Phi) is 15.0. The van der Waals surface area contributed by atoms with Gasteiger partial charge in [-0.2, -0.15) is 0 Å². The lowest BCUT2D eigenvalue weighted by atomic mass is 9.64. The summed E-state index contributed by atoms with van der Waals surface area (Å²) in [6, 6.07) is 0.640. The monoisotopic (exact) mass is 633 g/mol. The average molecular weight is 633 g/mol. The van der Waals surface area contributed by atoms with E-state index in [0.29, 0.717) is 30.5 Å². The molecule has 4 fully saturated rings. The molecule has 2 saturated heterocycles. The molecule has 0 bridgehead atoms. The third-order valence-corrected chi connectivity index (χ3v) is 12.4. The van der Waals surface area contributed by atoms with Gasteiger partial charge in [0.25, 0.3) is 0 Å². The standard InChI is InChI=1S/C39H76N4O2/c1-10-40-23-25-41(26-24-40)21-19-37(33-11-15-35(16-12-33)44-31(4)5)38(34-13-17-36(18-14-34)45-32(6)7)20-22-43-28-27-42(30(2)3)29-39(43,8)9/h30-38H,10-29H2,1-9H3. The molecule has 0 aromatic rings. The zero-order chi connectivity index (χ0) is 32.6. The van der Waals surface area contributed by atoms with Crippen molar-refractivity contribution in [3.63, 3.8) is 0 Å². The van der Waals surface area contributed by atoms with E-state index in [1.807, 2.05) is 0 Å². The molecule has 0 radical (unpaired) electrons. The van der Waals surface area contributed by atoms with Crippen molar-refractivity contribution < 1.29 is 9.47 Å². The summed E-state index contributed by atoms with van der Waals surface area (Å²) in [5.74, 6) is 3.37. The topological polar surface area (TPSA) is 31.4 Å². The molecular weight excluding hydrogens is 556 g/mol.